The number of rotatable bonds is 7. The molecule has 152 valence electrons. The predicted octanol–water partition coefficient (Wildman–Crippen LogP) is 2.70. The quantitative estimate of drug-likeness (QED) is 0.764. The Morgan fingerprint density at radius 1 is 1.29 bits per heavy atom. The molecule has 0 unspecified atom stereocenters. The van der Waals surface area contributed by atoms with Crippen molar-refractivity contribution in [1.82, 2.24) is 4.57 Å². The third kappa shape index (κ3) is 3.85. The normalized spacial score (nSPS) is 17.0. The maximum absolute atomic E-state index is 13.4. The van der Waals surface area contributed by atoms with Gasteiger partial charge in [-0.15, -0.1) is 0 Å². The van der Waals surface area contributed by atoms with Gasteiger partial charge in [0.15, 0.2) is 0 Å². The van der Waals surface area contributed by atoms with Crippen LogP contribution in [-0.2, 0) is 30.7 Å². The van der Waals surface area contributed by atoms with Gasteiger partial charge in [-0.25, -0.2) is 8.42 Å². The fourth-order valence-electron chi connectivity index (χ4n) is 3.45. The molecule has 0 spiro atoms. The molecule has 1 aliphatic heterocycles. The lowest BCUT2D eigenvalue weighted by Crippen LogP contribution is -2.29. The molecule has 2 heterocycles. The van der Waals surface area contributed by atoms with E-state index in [9.17, 15) is 13.2 Å². The molecular weight excluding hydrogens is 380 g/mol. The van der Waals surface area contributed by atoms with Crippen LogP contribution < -0.4 is 5.32 Å². The van der Waals surface area contributed by atoms with Crippen LogP contribution in [0.5, 0.6) is 0 Å². The second-order valence-electron chi connectivity index (χ2n) is 6.84. The van der Waals surface area contributed by atoms with Gasteiger partial charge in [-0.3, -0.25) is 4.79 Å². The number of ether oxygens (including phenoxy) is 2. The molecule has 8 heteroatoms. The van der Waals surface area contributed by atoms with Crippen LogP contribution in [0.3, 0.4) is 0 Å². The first-order chi connectivity index (χ1) is 13.4. The number of carbonyl (C=O) groups is 1. The summed E-state index contributed by atoms with van der Waals surface area (Å²) in [6.45, 7) is 4.96. The zero-order valence-electron chi connectivity index (χ0n) is 16.4. The molecule has 28 heavy (non-hydrogen) atoms. The minimum atomic E-state index is -3.81. The van der Waals surface area contributed by atoms with E-state index in [2.05, 4.69) is 5.32 Å². The molecule has 1 saturated heterocycles. The lowest BCUT2D eigenvalue weighted by Gasteiger charge is -2.16. The minimum Gasteiger partial charge on any atom is -0.383 e. The zero-order chi connectivity index (χ0) is 20.3. The van der Waals surface area contributed by atoms with E-state index in [1.165, 1.54) is 0 Å². The molecule has 0 radical (unpaired) electrons. The van der Waals surface area contributed by atoms with Gasteiger partial charge in [0.1, 0.15) is 16.8 Å². The van der Waals surface area contributed by atoms with Crippen molar-refractivity contribution in [1.29, 1.82) is 0 Å². The monoisotopic (exact) mass is 406 g/mol. The fourth-order valence-corrected chi connectivity index (χ4v) is 5.17. The summed E-state index contributed by atoms with van der Waals surface area (Å²) in [5.41, 5.74) is 1.39. The van der Waals surface area contributed by atoms with Crippen LogP contribution in [0.25, 0.3) is 0 Å². The van der Waals surface area contributed by atoms with Gasteiger partial charge in [-0.1, -0.05) is 18.2 Å². The largest absolute Gasteiger partial charge is 0.383 e. The third-order valence-electron chi connectivity index (χ3n) is 5.08. The second kappa shape index (κ2) is 8.46. The summed E-state index contributed by atoms with van der Waals surface area (Å²) in [5.74, 6) is -0.0467. The van der Waals surface area contributed by atoms with E-state index in [4.69, 9.17) is 9.47 Å². The molecule has 1 aliphatic rings. The summed E-state index contributed by atoms with van der Waals surface area (Å²) in [6, 6.07) is 8.24. The SMILES string of the molecule is COCCn1c(C)c(C)c(S(=O)(=O)c2ccccc2)c1NC(=O)[C@@H]1CCCO1. The summed E-state index contributed by atoms with van der Waals surface area (Å²) in [7, 11) is -2.23. The number of anilines is 1. The van der Waals surface area contributed by atoms with Gasteiger partial charge in [-0.2, -0.15) is 0 Å². The summed E-state index contributed by atoms with van der Waals surface area (Å²) in [6.07, 6.45) is 0.887. The molecule has 2 aromatic rings. The van der Waals surface area contributed by atoms with E-state index < -0.39 is 15.9 Å². The molecule has 7 nitrogen and oxygen atoms in total. The van der Waals surface area contributed by atoms with Crippen LogP contribution in [0, 0.1) is 13.8 Å². The number of methoxy groups -OCH3 is 1. The fraction of sp³-hybridized carbons (Fsp3) is 0.450. The molecule has 3 rings (SSSR count). The zero-order valence-corrected chi connectivity index (χ0v) is 17.2. The first-order valence-corrected chi connectivity index (χ1v) is 10.8. The Balaban J connectivity index is 2.11. The van der Waals surface area contributed by atoms with E-state index in [-0.39, 0.29) is 21.5 Å². The lowest BCUT2D eigenvalue weighted by molar-refractivity contribution is -0.124. The highest BCUT2D eigenvalue weighted by molar-refractivity contribution is 7.91. The van der Waals surface area contributed by atoms with Crippen LogP contribution in [0.2, 0.25) is 0 Å². The number of sulfone groups is 1. The molecule has 1 fully saturated rings. The van der Waals surface area contributed by atoms with Gasteiger partial charge in [0, 0.05) is 26.0 Å². The third-order valence-corrected chi connectivity index (χ3v) is 7.01. The van der Waals surface area contributed by atoms with Crippen LogP contribution in [0.4, 0.5) is 5.82 Å². The molecular formula is C20H26N2O5S. The summed E-state index contributed by atoms with van der Waals surface area (Å²) in [5, 5.41) is 2.83. The number of hydrogen-bond acceptors (Lipinski definition) is 5. The van der Waals surface area contributed by atoms with Crippen LogP contribution in [0.1, 0.15) is 24.1 Å². The van der Waals surface area contributed by atoms with Crippen molar-refractivity contribution in [2.24, 2.45) is 0 Å². The molecule has 1 amide bonds. The number of amides is 1. The Kier molecular flexibility index (Phi) is 6.22. The summed E-state index contributed by atoms with van der Waals surface area (Å²) in [4.78, 5) is 13.0. The van der Waals surface area contributed by atoms with Crippen LogP contribution in [-0.4, -0.2) is 45.3 Å². The number of benzene rings is 1. The average molecular weight is 407 g/mol. The highest BCUT2D eigenvalue weighted by atomic mass is 32.2. The van der Waals surface area contributed by atoms with Crippen LogP contribution in [0.15, 0.2) is 40.1 Å². The van der Waals surface area contributed by atoms with Crippen molar-refractivity contribution in [3.63, 3.8) is 0 Å². The van der Waals surface area contributed by atoms with Gasteiger partial charge >= 0.3 is 0 Å². The van der Waals surface area contributed by atoms with E-state index >= 15 is 0 Å². The van der Waals surface area contributed by atoms with Gasteiger partial charge in [0.05, 0.1) is 11.5 Å². The number of aromatic nitrogens is 1. The van der Waals surface area contributed by atoms with Gasteiger partial charge in [-0.05, 0) is 44.4 Å². The highest BCUT2D eigenvalue weighted by Crippen LogP contribution is 2.35. The standard InChI is InChI=1S/C20H26N2O5S/c1-14-15(2)22(11-13-26-3)19(21-20(23)17-10-7-12-27-17)18(14)28(24,25)16-8-5-4-6-9-16/h4-6,8-9,17H,7,10-13H2,1-3H3,(H,21,23)/t17-/m0/s1. The minimum absolute atomic E-state index is 0.124. The maximum atomic E-state index is 13.4. The van der Waals surface area contributed by atoms with Crippen molar-refractivity contribution in [3.8, 4) is 0 Å². The summed E-state index contributed by atoms with van der Waals surface area (Å²) >= 11 is 0. The van der Waals surface area contributed by atoms with Crippen molar-refractivity contribution in [2.75, 3.05) is 25.6 Å². The summed E-state index contributed by atoms with van der Waals surface area (Å²) < 4.78 is 39.2. The van der Waals surface area contributed by atoms with Crippen LogP contribution >= 0.6 is 0 Å². The van der Waals surface area contributed by atoms with E-state index in [1.807, 2.05) is 6.92 Å². The Bertz CT molecular complexity index is 945. The number of carbonyl (C=O) groups excluding carboxylic acids is 1. The molecule has 1 aromatic carbocycles. The number of hydrogen-bond donors (Lipinski definition) is 1. The highest BCUT2D eigenvalue weighted by Gasteiger charge is 2.32. The smallest absolute Gasteiger partial charge is 0.254 e. The van der Waals surface area contributed by atoms with Crippen molar-refractivity contribution in [2.45, 2.75) is 49.1 Å². The molecule has 0 bridgehead atoms. The van der Waals surface area contributed by atoms with Crippen molar-refractivity contribution in [3.05, 3.63) is 41.6 Å². The van der Waals surface area contributed by atoms with E-state index in [1.54, 1.807) is 48.9 Å². The van der Waals surface area contributed by atoms with Gasteiger partial charge < -0.3 is 19.4 Å². The Labute approximate surface area is 165 Å². The average Bonchev–Trinajstić information content (AvgIpc) is 3.30. The molecule has 0 aliphatic carbocycles. The maximum Gasteiger partial charge on any atom is 0.254 e. The first kappa shape index (κ1) is 20.6. The van der Waals surface area contributed by atoms with Gasteiger partial charge in [0.2, 0.25) is 9.84 Å². The molecule has 1 aromatic heterocycles. The topological polar surface area (TPSA) is 86.6 Å². The van der Waals surface area contributed by atoms with Crippen molar-refractivity contribution < 1.29 is 22.7 Å². The van der Waals surface area contributed by atoms with E-state index in [0.29, 0.717) is 31.7 Å². The van der Waals surface area contributed by atoms with E-state index in [0.717, 1.165) is 12.1 Å². The molecule has 0 saturated carbocycles. The lowest BCUT2D eigenvalue weighted by atomic mass is 10.2. The van der Waals surface area contributed by atoms with Crippen molar-refractivity contribution >= 4 is 21.6 Å². The predicted molar refractivity (Wildman–Crippen MR) is 105 cm³/mol. The molecule has 1 N–H and O–H groups in total. The molecule has 1 atom stereocenters. The number of nitrogens with zero attached hydrogens (tertiary/aromatic N) is 1. The Morgan fingerprint density at radius 2 is 2.00 bits per heavy atom. The van der Waals surface area contributed by atoms with Gasteiger partial charge in [0.25, 0.3) is 5.91 Å². The number of nitrogens with one attached hydrogen (secondary N) is 1. The second-order valence-corrected chi connectivity index (χ2v) is 8.73. The first-order valence-electron chi connectivity index (χ1n) is 9.29. The Morgan fingerprint density at radius 3 is 2.61 bits per heavy atom. The Hall–Kier alpha value is -2.16.